The third-order valence-electron chi connectivity index (χ3n) is 5.78. The molecule has 0 unspecified atom stereocenters. The van der Waals surface area contributed by atoms with Crippen LogP contribution in [0.15, 0.2) is 48.5 Å². The molecule has 8 nitrogen and oxygen atoms in total. The Labute approximate surface area is 187 Å². The van der Waals surface area contributed by atoms with Crippen LogP contribution in [0.25, 0.3) is 11.1 Å². The molecule has 0 spiro atoms. The molecule has 2 aliphatic rings. The molecule has 2 amide bonds. The summed E-state index contributed by atoms with van der Waals surface area (Å²) in [5.41, 5.74) is 4.01. The first kappa shape index (κ1) is 22.7. The van der Waals surface area contributed by atoms with Gasteiger partial charge in [-0.3, -0.25) is 4.79 Å². The van der Waals surface area contributed by atoms with E-state index < -0.39 is 42.6 Å². The zero-order valence-electron chi connectivity index (χ0n) is 17.4. The van der Waals surface area contributed by atoms with Crippen molar-refractivity contribution in [1.82, 2.24) is 10.6 Å². The van der Waals surface area contributed by atoms with Gasteiger partial charge in [0.1, 0.15) is 6.61 Å². The van der Waals surface area contributed by atoms with E-state index in [1.165, 1.54) is 0 Å². The zero-order valence-corrected chi connectivity index (χ0v) is 17.4. The van der Waals surface area contributed by atoms with Crippen molar-refractivity contribution in [2.75, 3.05) is 19.8 Å². The van der Waals surface area contributed by atoms with Crippen LogP contribution < -0.4 is 10.6 Å². The summed E-state index contributed by atoms with van der Waals surface area (Å²) in [5.74, 6) is -7.24. The number of alkyl halides is 2. The number of nitrogens with one attached hydrogen (secondary N) is 2. The van der Waals surface area contributed by atoms with Crippen molar-refractivity contribution in [3.05, 3.63) is 59.7 Å². The monoisotopic (exact) mass is 460 g/mol. The molecule has 33 heavy (non-hydrogen) atoms. The Morgan fingerprint density at radius 2 is 1.67 bits per heavy atom. The molecule has 1 fully saturated rings. The molecule has 2 aromatic carbocycles. The van der Waals surface area contributed by atoms with Gasteiger partial charge in [-0.2, -0.15) is 8.78 Å². The fraction of sp³-hybridized carbons (Fsp3) is 0.348. The molecule has 4 rings (SSSR count). The normalized spacial score (nSPS) is 19.5. The zero-order chi connectivity index (χ0) is 23.6. The molecule has 3 N–H and O–H groups in total. The summed E-state index contributed by atoms with van der Waals surface area (Å²) in [5, 5.41) is 12.9. The highest BCUT2D eigenvalue weighted by atomic mass is 19.3. The van der Waals surface area contributed by atoms with Crippen molar-refractivity contribution in [2.24, 2.45) is 0 Å². The third kappa shape index (κ3) is 4.65. The molecule has 1 aliphatic heterocycles. The topological polar surface area (TPSA) is 114 Å². The van der Waals surface area contributed by atoms with Gasteiger partial charge in [-0.25, -0.2) is 9.59 Å². The van der Waals surface area contributed by atoms with Crippen molar-refractivity contribution in [1.29, 1.82) is 0 Å². The summed E-state index contributed by atoms with van der Waals surface area (Å²) in [7, 11) is 0. The molecule has 0 aromatic heterocycles. The maximum Gasteiger partial charge on any atom is 0.407 e. The van der Waals surface area contributed by atoms with Crippen LogP contribution in [0.3, 0.4) is 0 Å². The second-order valence-corrected chi connectivity index (χ2v) is 7.88. The van der Waals surface area contributed by atoms with E-state index in [4.69, 9.17) is 14.6 Å². The summed E-state index contributed by atoms with van der Waals surface area (Å²) in [6.45, 7) is -1.32. The predicted octanol–water partition coefficient (Wildman–Crippen LogP) is 2.52. The first-order valence-corrected chi connectivity index (χ1v) is 10.4. The van der Waals surface area contributed by atoms with Crippen LogP contribution in [0.2, 0.25) is 0 Å². The quantitative estimate of drug-likeness (QED) is 0.585. The first-order valence-electron chi connectivity index (χ1n) is 10.4. The lowest BCUT2D eigenvalue weighted by Gasteiger charge is -2.21. The van der Waals surface area contributed by atoms with E-state index in [0.717, 1.165) is 22.3 Å². The van der Waals surface area contributed by atoms with E-state index >= 15 is 0 Å². The number of carbonyl (C=O) groups excluding carboxylic acids is 2. The van der Waals surface area contributed by atoms with Crippen molar-refractivity contribution >= 4 is 18.0 Å². The first-order chi connectivity index (χ1) is 15.8. The van der Waals surface area contributed by atoms with Gasteiger partial charge < -0.3 is 25.2 Å². The maximum atomic E-state index is 14.2. The van der Waals surface area contributed by atoms with Crippen LogP contribution in [0, 0.1) is 0 Å². The highest BCUT2D eigenvalue weighted by molar-refractivity contribution is 5.85. The number of aliphatic carboxylic acids is 1. The number of carbonyl (C=O) groups is 3. The second-order valence-electron chi connectivity index (χ2n) is 7.88. The Morgan fingerprint density at radius 1 is 1.06 bits per heavy atom. The standard InChI is InChI=1S/C23H22F2N2O6/c24-23(25,21(30)27-18-9-10-32-19(18)20(28)29)12-26-22(31)33-11-17-15-7-3-1-5-13(15)14-6-2-4-8-16(14)17/h1-8,17-19H,9-12H2,(H,26,31)(H,27,30)(H,28,29)/t18-,19+/m1/s1. The van der Waals surface area contributed by atoms with Crippen LogP contribution >= 0.6 is 0 Å². The Balaban J connectivity index is 1.31. The van der Waals surface area contributed by atoms with Gasteiger partial charge >= 0.3 is 18.0 Å². The molecule has 0 radical (unpaired) electrons. The van der Waals surface area contributed by atoms with E-state index in [1.54, 1.807) is 0 Å². The van der Waals surface area contributed by atoms with Gasteiger partial charge in [-0.1, -0.05) is 48.5 Å². The number of hydrogen-bond donors (Lipinski definition) is 3. The van der Waals surface area contributed by atoms with Crippen LogP contribution in [0.5, 0.6) is 0 Å². The lowest BCUT2D eigenvalue weighted by Crippen LogP contribution is -2.53. The molecule has 0 saturated carbocycles. The number of carboxylic acids is 1. The number of halogens is 2. The summed E-state index contributed by atoms with van der Waals surface area (Å²) < 4.78 is 38.6. The number of benzene rings is 2. The number of amides is 2. The van der Waals surface area contributed by atoms with Gasteiger partial charge in [0.05, 0.1) is 12.6 Å². The molecule has 2 atom stereocenters. The number of carboxylic acid groups (broad SMARTS) is 1. The lowest BCUT2D eigenvalue weighted by atomic mass is 9.98. The minimum absolute atomic E-state index is 0.0332. The summed E-state index contributed by atoms with van der Waals surface area (Å²) in [4.78, 5) is 35.1. The average molecular weight is 460 g/mol. The molecule has 1 aliphatic carbocycles. The Hall–Kier alpha value is -3.53. The molecule has 0 bridgehead atoms. The molecular formula is C23H22F2N2O6. The van der Waals surface area contributed by atoms with Crippen LogP contribution in [-0.2, 0) is 19.1 Å². The third-order valence-corrected chi connectivity index (χ3v) is 5.78. The lowest BCUT2D eigenvalue weighted by molar-refractivity contribution is -0.151. The minimum atomic E-state index is -3.96. The van der Waals surface area contributed by atoms with Gasteiger partial charge in [0.2, 0.25) is 0 Å². The van der Waals surface area contributed by atoms with Gasteiger partial charge in [0.15, 0.2) is 6.10 Å². The van der Waals surface area contributed by atoms with Crippen LogP contribution in [-0.4, -0.2) is 60.9 Å². The Morgan fingerprint density at radius 3 is 2.27 bits per heavy atom. The van der Waals surface area contributed by atoms with E-state index in [0.29, 0.717) is 0 Å². The van der Waals surface area contributed by atoms with E-state index in [2.05, 4.69) is 0 Å². The number of hydrogen-bond acceptors (Lipinski definition) is 5. The van der Waals surface area contributed by atoms with E-state index in [9.17, 15) is 23.2 Å². The van der Waals surface area contributed by atoms with Crippen LogP contribution in [0.4, 0.5) is 13.6 Å². The fourth-order valence-corrected chi connectivity index (χ4v) is 4.17. The van der Waals surface area contributed by atoms with Crippen molar-refractivity contribution in [3.63, 3.8) is 0 Å². The van der Waals surface area contributed by atoms with Gasteiger partial charge in [0.25, 0.3) is 5.91 Å². The molecule has 2 aromatic rings. The summed E-state index contributed by atoms with van der Waals surface area (Å²) in [6.07, 6.45) is -2.38. The minimum Gasteiger partial charge on any atom is -0.479 e. The van der Waals surface area contributed by atoms with Crippen molar-refractivity contribution in [2.45, 2.75) is 30.4 Å². The van der Waals surface area contributed by atoms with Crippen LogP contribution in [0.1, 0.15) is 23.5 Å². The maximum absolute atomic E-state index is 14.2. The molecule has 1 saturated heterocycles. The molecule has 1 heterocycles. The van der Waals surface area contributed by atoms with Gasteiger partial charge in [-0.15, -0.1) is 0 Å². The highest BCUT2D eigenvalue weighted by Gasteiger charge is 2.44. The molecule has 10 heteroatoms. The fourth-order valence-electron chi connectivity index (χ4n) is 4.17. The number of alkyl carbamates (subject to hydrolysis) is 1. The van der Waals surface area contributed by atoms with Crippen molar-refractivity contribution < 1.29 is 37.7 Å². The number of ether oxygens (including phenoxy) is 2. The largest absolute Gasteiger partial charge is 0.479 e. The predicted molar refractivity (Wildman–Crippen MR) is 112 cm³/mol. The SMILES string of the molecule is O=C(NCC(F)(F)C(=O)N[C@@H]1CCO[C@@H]1C(=O)O)OCC1c2ccccc2-c2ccccc21. The smallest absolute Gasteiger partial charge is 0.407 e. The average Bonchev–Trinajstić information content (AvgIpc) is 3.39. The molecule has 174 valence electrons. The summed E-state index contributed by atoms with van der Waals surface area (Å²) >= 11 is 0. The number of rotatable bonds is 7. The van der Waals surface area contributed by atoms with Gasteiger partial charge in [-0.05, 0) is 28.7 Å². The number of fused-ring (bicyclic) bond motifs is 3. The van der Waals surface area contributed by atoms with Crippen molar-refractivity contribution in [3.8, 4) is 11.1 Å². The Bertz CT molecular complexity index is 1030. The molecular weight excluding hydrogens is 438 g/mol. The second kappa shape index (κ2) is 9.14. The van der Waals surface area contributed by atoms with E-state index in [1.807, 2.05) is 59.2 Å². The van der Waals surface area contributed by atoms with Gasteiger partial charge in [0, 0.05) is 12.5 Å². The Kier molecular flexibility index (Phi) is 6.28. The highest BCUT2D eigenvalue weighted by Crippen LogP contribution is 2.44. The van der Waals surface area contributed by atoms with E-state index in [-0.39, 0.29) is 25.6 Å². The summed E-state index contributed by atoms with van der Waals surface area (Å²) in [6, 6.07) is 14.3.